The van der Waals surface area contributed by atoms with E-state index in [9.17, 15) is 13.6 Å². The second-order valence-corrected chi connectivity index (χ2v) is 5.57. The zero-order valence-electron chi connectivity index (χ0n) is 13.1. The van der Waals surface area contributed by atoms with Crippen LogP contribution < -0.4 is 5.48 Å². The van der Waals surface area contributed by atoms with Gasteiger partial charge in [0, 0.05) is 0 Å². The van der Waals surface area contributed by atoms with Gasteiger partial charge in [0.2, 0.25) is 0 Å². The molecule has 1 amide bonds. The van der Waals surface area contributed by atoms with E-state index in [1.54, 1.807) is 54.0 Å². The summed E-state index contributed by atoms with van der Waals surface area (Å²) in [6.45, 7) is 0. The molecule has 3 rings (SSSR count). The van der Waals surface area contributed by atoms with Gasteiger partial charge < -0.3 is 0 Å². The zero-order valence-corrected chi connectivity index (χ0v) is 13.1. The normalized spacial score (nSPS) is 11.8. The number of hydrogen-bond donors (Lipinski definition) is 2. The molecule has 0 radical (unpaired) electrons. The van der Waals surface area contributed by atoms with Crippen molar-refractivity contribution in [2.45, 2.75) is 5.92 Å². The number of halogens is 2. The van der Waals surface area contributed by atoms with Crippen LogP contribution in [0, 0.1) is 11.6 Å². The van der Waals surface area contributed by atoms with Crippen LogP contribution in [0.4, 0.5) is 8.78 Å². The fraction of sp³-hybridized carbons (Fsp3) is 0.0500. The molecule has 0 heterocycles. The SMILES string of the molecule is O=C(NO)C(c1ccccc1)c1cccc(-c2ccc(F)c(F)c2)c1. The number of carbonyl (C=O) groups excluding carboxylic acids is 1. The molecule has 2 N–H and O–H groups in total. The number of rotatable bonds is 4. The molecule has 0 aliphatic carbocycles. The van der Waals surface area contributed by atoms with Crippen LogP contribution in [0.1, 0.15) is 17.0 Å². The highest BCUT2D eigenvalue weighted by atomic mass is 19.2. The predicted octanol–water partition coefficient (Wildman–Crippen LogP) is 4.27. The largest absolute Gasteiger partial charge is 0.289 e. The highest BCUT2D eigenvalue weighted by Crippen LogP contribution is 2.29. The first-order valence-corrected chi connectivity index (χ1v) is 7.64. The minimum atomic E-state index is -0.935. The first-order chi connectivity index (χ1) is 12.1. The lowest BCUT2D eigenvalue weighted by Crippen LogP contribution is -2.27. The minimum absolute atomic E-state index is 0.497. The zero-order chi connectivity index (χ0) is 17.8. The maximum atomic E-state index is 13.5. The third-order valence-electron chi connectivity index (χ3n) is 3.98. The highest BCUT2D eigenvalue weighted by Gasteiger charge is 2.22. The first-order valence-electron chi connectivity index (χ1n) is 7.64. The van der Waals surface area contributed by atoms with Gasteiger partial charge in [-0.2, -0.15) is 0 Å². The van der Waals surface area contributed by atoms with Gasteiger partial charge in [-0.3, -0.25) is 10.0 Å². The first kappa shape index (κ1) is 16.8. The van der Waals surface area contributed by atoms with Crippen molar-refractivity contribution in [3.63, 3.8) is 0 Å². The Hall–Kier alpha value is -3.05. The smallest absolute Gasteiger partial charge is 0.255 e. The summed E-state index contributed by atoms with van der Waals surface area (Å²) in [7, 11) is 0. The Labute approximate surface area is 143 Å². The molecule has 5 heteroatoms. The van der Waals surface area contributed by atoms with E-state index in [1.807, 2.05) is 6.07 Å². The lowest BCUT2D eigenvalue weighted by Gasteiger charge is -2.17. The molecule has 0 aliphatic rings. The second-order valence-electron chi connectivity index (χ2n) is 5.57. The van der Waals surface area contributed by atoms with Gasteiger partial charge in [-0.15, -0.1) is 0 Å². The number of carbonyl (C=O) groups is 1. The number of hydroxylamine groups is 1. The van der Waals surface area contributed by atoms with Gasteiger partial charge in [-0.1, -0.05) is 60.7 Å². The summed E-state index contributed by atoms with van der Waals surface area (Å²) in [6.07, 6.45) is 0. The Morgan fingerprint density at radius 1 is 0.800 bits per heavy atom. The van der Waals surface area contributed by atoms with Gasteiger partial charge in [0.1, 0.15) is 0 Å². The quantitative estimate of drug-likeness (QED) is 0.551. The van der Waals surface area contributed by atoms with Gasteiger partial charge >= 0.3 is 0 Å². The van der Waals surface area contributed by atoms with Crippen LogP contribution in [0.15, 0.2) is 72.8 Å². The van der Waals surface area contributed by atoms with Gasteiger partial charge in [0.25, 0.3) is 5.91 Å². The summed E-state index contributed by atoms with van der Waals surface area (Å²) in [5, 5.41) is 9.09. The summed E-state index contributed by atoms with van der Waals surface area (Å²) in [5.41, 5.74) is 4.16. The number of benzene rings is 3. The molecule has 25 heavy (non-hydrogen) atoms. The molecule has 0 spiro atoms. The summed E-state index contributed by atoms with van der Waals surface area (Å²) >= 11 is 0. The summed E-state index contributed by atoms with van der Waals surface area (Å²) in [4.78, 5) is 12.2. The van der Waals surface area contributed by atoms with E-state index in [1.165, 1.54) is 6.07 Å². The number of amides is 1. The van der Waals surface area contributed by atoms with Crippen LogP contribution in [-0.2, 0) is 4.79 Å². The fourth-order valence-electron chi connectivity index (χ4n) is 2.78. The van der Waals surface area contributed by atoms with Crippen molar-refractivity contribution >= 4 is 5.91 Å². The van der Waals surface area contributed by atoms with Gasteiger partial charge in [0.15, 0.2) is 11.6 Å². The van der Waals surface area contributed by atoms with E-state index in [0.29, 0.717) is 22.3 Å². The molecule has 126 valence electrons. The fourth-order valence-corrected chi connectivity index (χ4v) is 2.78. The topological polar surface area (TPSA) is 49.3 Å². The van der Waals surface area contributed by atoms with Crippen LogP contribution in [0.2, 0.25) is 0 Å². The molecular weight excluding hydrogens is 324 g/mol. The molecule has 0 fully saturated rings. The van der Waals surface area contributed by atoms with E-state index < -0.39 is 23.5 Å². The molecular formula is C20H15F2NO2. The molecule has 0 aromatic heterocycles. The van der Waals surface area contributed by atoms with E-state index in [0.717, 1.165) is 12.1 Å². The van der Waals surface area contributed by atoms with Crippen molar-refractivity contribution in [2.24, 2.45) is 0 Å². The van der Waals surface area contributed by atoms with E-state index in [2.05, 4.69) is 0 Å². The average molecular weight is 339 g/mol. The molecule has 3 aromatic carbocycles. The van der Waals surface area contributed by atoms with E-state index >= 15 is 0 Å². The Morgan fingerprint density at radius 3 is 2.16 bits per heavy atom. The third-order valence-corrected chi connectivity index (χ3v) is 3.98. The van der Waals surface area contributed by atoms with E-state index in [-0.39, 0.29) is 0 Å². The maximum absolute atomic E-state index is 13.5. The van der Waals surface area contributed by atoms with Crippen molar-refractivity contribution in [3.8, 4) is 11.1 Å². The second kappa shape index (κ2) is 7.23. The molecule has 1 atom stereocenters. The number of nitrogens with one attached hydrogen (secondary N) is 1. The van der Waals surface area contributed by atoms with Crippen LogP contribution in [-0.4, -0.2) is 11.1 Å². The molecule has 0 aliphatic heterocycles. The Morgan fingerprint density at radius 2 is 1.48 bits per heavy atom. The Bertz CT molecular complexity index is 897. The molecule has 3 nitrogen and oxygen atoms in total. The van der Waals surface area contributed by atoms with Gasteiger partial charge in [-0.25, -0.2) is 14.3 Å². The average Bonchev–Trinajstić information content (AvgIpc) is 2.65. The standard InChI is InChI=1S/C20H15F2NO2/c21-17-10-9-15(12-18(17)22)14-7-4-8-16(11-14)19(20(24)23-25)13-5-2-1-3-6-13/h1-12,19,25H,(H,23,24). The lowest BCUT2D eigenvalue weighted by atomic mass is 9.89. The Balaban J connectivity index is 2.06. The number of hydrogen-bond acceptors (Lipinski definition) is 2. The molecule has 1 unspecified atom stereocenters. The monoisotopic (exact) mass is 339 g/mol. The summed E-state index contributed by atoms with van der Waals surface area (Å²) in [6, 6.07) is 19.6. The van der Waals surface area contributed by atoms with E-state index in [4.69, 9.17) is 5.21 Å². The van der Waals surface area contributed by atoms with Crippen molar-refractivity contribution in [2.75, 3.05) is 0 Å². The van der Waals surface area contributed by atoms with Crippen LogP contribution in [0.3, 0.4) is 0 Å². The molecule has 0 bridgehead atoms. The Kier molecular flexibility index (Phi) is 4.86. The summed E-state index contributed by atoms with van der Waals surface area (Å²) in [5.74, 6) is -3.15. The highest BCUT2D eigenvalue weighted by molar-refractivity contribution is 5.86. The van der Waals surface area contributed by atoms with Crippen molar-refractivity contribution in [1.82, 2.24) is 5.48 Å². The van der Waals surface area contributed by atoms with Crippen molar-refractivity contribution in [1.29, 1.82) is 0 Å². The predicted molar refractivity (Wildman–Crippen MR) is 90.0 cm³/mol. The minimum Gasteiger partial charge on any atom is -0.289 e. The van der Waals surface area contributed by atoms with Crippen molar-refractivity contribution in [3.05, 3.63) is 95.6 Å². The van der Waals surface area contributed by atoms with Crippen LogP contribution in [0.5, 0.6) is 0 Å². The van der Waals surface area contributed by atoms with Crippen molar-refractivity contribution < 1.29 is 18.8 Å². The summed E-state index contributed by atoms with van der Waals surface area (Å²) < 4.78 is 26.6. The van der Waals surface area contributed by atoms with Gasteiger partial charge in [0.05, 0.1) is 5.92 Å². The van der Waals surface area contributed by atoms with Gasteiger partial charge in [-0.05, 0) is 34.4 Å². The third kappa shape index (κ3) is 3.56. The lowest BCUT2D eigenvalue weighted by molar-refractivity contribution is -0.129. The van der Waals surface area contributed by atoms with Crippen LogP contribution in [0.25, 0.3) is 11.1 Å². The molecule has 0 saturated carbocycles. The van der Waals surface area contributed by atoms with Crippen LogP contribution >= 0.6 is 0 Å². The molecule has 0 saturated heterocycles. The molecule has 3 aromatic rings. The maximum Gasteiger partial charge on any atom is 0.255 e.